The van der Waals surface area contributed by atoms with E-state index in [4.69, 9.17) is 0 Å². The lowest BCUT2D eigenvalue weighted by Gasteiger charge is -2.35. The van der Waals surface area contributed by atoms with Crippen LogP contribution in [0, 0.1) is 5.82 Å². The fourth-order valence-corrected chi connectivity index (χ4v) is 4.32. The third kappa shape index (κ3) is 2.72. The zero-order valence-corrected chi connectivity index (χ0v) is 13.3. The number of fused-ring (bicyclic) bond motifs is 4. The van der Waals surface area contributed by atoms with Gasteiger partial charge in [-0.2, -0.15) is 0 Å². The second kappa shape index (κ2) is 5.92. The first-order valence-electron chi connectivity index (χ1n) is 7.70. The Kier molecular flexibility index (Phi) is 3.77. The van der Waals surface area contributed by atoms with Crippen molar-refractivity contribution < 1.29 is 9.18 Å². The summed E-state index contributed by atoms with van der Waals surface area (Å²) in [5, 5.41) is 0. The fourth-order valence-electron chi connectivity index (χ4n) is 3.55. The number of carbonyl (C=O) groups is 1. The van der Waals surface area contributed by atoms with Gasteiger partial charge in [-0.05, 0) is 37.1 Å². The summed E-state index contributed by atoms with van der Waals surface area (Å²) >= 11 is 1.45. The van der Waals surface area contributed by atoms with Crippen molar-refractivity contribution in [3.63, 3.8) is 0 Å². The summed E-state index contributed by atoms with van der Waals surface area (Å²) in [5.41, 5.74) is 2.18. The monoisotopic (exact) mass is 329 g/mol. The highest BCUT2D eigenvalue weighted by Gasteiger charge is 2.42. The van der Waals surface area contributed by atoms with Gasteiger partial charge in [-0.15, -0.1) is 11.8 Å². The Morgan fingerprint density at radius 2 is 2.13 bits per heavy atom. The van der Waals surface area contributed by atoms with Crippen molar-refractivity contribution in [1.82, 2.24) is 14.9 Å². The van der Waals surface area contributed by atoms with Gasteiger partial charge in [0.1, 0.15) is 12.1 Å². The van der Waals surface area contributed by atoms with Crippen LogP contribution in [-0.2, 0) is 11.2 Å². The molecule has 2 unspecified atom stereocenters. The molecule has 1 aromatic carbocycles. The molecule has 1 aromatic heterocycles. The molecule has 3 heterocycles. The maximum Gasteiger partial charge on any atom is 0.233 e. The molecule has 2 bridgehead atoms. The van der Waals surface area contributed by atoms with E-state index in [1.807, 2.05) is 11.1 Å². The molecular weight excluding hydrogens is 313 g/mol. The lowest BCUT2D eigenvalue weighted by Crippen LogP contribution is -2.43. The van der Waals surface area contributed by atoms with Crippen molar-refractivity contribution in [3.8, 4) is 0 Å². The van der Waals surface area contributed by atoms with Crippen LogP contribution in [0.3, 0.4) is 0 Å². The van der Waals surface area contributed by atoms with Gasteiger partial charge in [0.05, 0.1) is 17.5 Å². The van der Waals surface area contributed by atoms with Crippen LogP contribution in [0.15, 0.2) is 41.7 Å². The summed E-state index contributed by atoms with van der Waals surface area (Å²) in [6.07, 6.45) is 6.26. The van der Waals surface area contributed by atoms with Gasteiger partial charge in [0.2, 0.25) is 5.91 Å². The predicted molar refractivity (Wildman–Crippen MR) is 85.5 cm³/mol. The minimum Gasteiger partial charge on any atom is -0.331 e. The minimum atomic E-state index is -0.258. The quantitative estimate of drug-likeness (QED) is 0.812. The number of rotatable bonds is 3. The average molecular weight is 329 g/mol. The van der Waals surface area contributed by atoms with E-state index in [0.717, 1.165) is 35.4 Å². The molecule has 1 fully saturated rings. The topological polar surface area (TPSA) is 46.1 Å². The van der Waals surface area contributed by atoms with Crippen molar-refractivity contribution in [2.24, 2.45) is 0 Å². The van der Waals surface area contributed by atoms with Crippen LogP contribution in [0.2, 0.25) is 0 Å². The van der Waals surface area contributed by atoms with E-state index in [1.54, 1.807) is 18.5 Å². The molecule has 4 rings (SSSR count). The second-order valence-electron chi connectivity index (χ2n) is 5.92. The van der Waals surface area contributed by atoms with E-state index in [0.29, 0.717) is 5.75 Å². The van der Waals surface area contributed by atoms with Crippen molar-refractivity contribution in [3.05, 3.63) is 53.9 Å². The number of hydrogen-bond donors (Lipinski definition) is 0. The molecule has 1 amide bonds. The molecule has 2 aromatic rings. The molecule has 0 spiro atoms. The highest BCUT2D eigenvalue weighted by atomic mass is 32.2. The Hall–Kier alpha value is -1.95. The number of amides is 1. The van der Waals surface area contributed by atoms with Crippen LogP contribution in [0.1, 0.15) is 30.1 Å². The summed E-state index contributed by atoms with van der Waals surface area (Å²) in [4.78, 5) is 24.1. The minimum absolute atomic E-state index is 0.117. The van der Waals surface area contributed by atoms with Gasteiger partial charge in [0, 0.05) is 29.1 Å². The largest absolute Gasteiger partial charge is 0.331 e. The van der Waals surface area contributed by atoms with Crippen molar-refractivity contribution in [2.45, 2.75) is 36.2 Å². The molecule has 1 saturated heterocycles. The van der Waals surface area contributed by atoms with Gasteiger partial charge in [-0.3, -0.25) is 4.79 Å². The van der Waals surface area contributed by atoms with Gasteiger partial charge < -0.3 is 4.90 Å². The lowest BCUT2D eigenvalue weighted by molar-refractivity contribution is -0.131. The van der Waals surface area contributed by atoms with E-state index in [1.165, 1.54) is 23.9 Å². The number of thioether (sulfide) groups is 1. The molecular formula is C17H16FN3OS. The Balaban J connectivity index is 1.48. The first kappa shape index (κ1) is 14.6. The molecule has 0 radical (unpaired) electrons. The Morgan fingerprint density at radius 1 is 1.30 bits per heavy atom. The fraction of sp³-hybridized carbons (Fsp3) is 0.353. The number of carbonyl (C=O) groups excluding carboxylic acids is 1. The Labute approximate surface area is 138 Å². The highest BCUT2D eigenvalue weighted by Crippen LogP contribution is 2.43. The number of hydrogen-bond acceptors (Lipinski definition) is 4. The number of aromatic nitrogens is 2. The molecule has 0 saturated carbocycles. The molecule has 0 aliphatic carbocycles. The maximum atomic E-state index is 12.9. The van der Waals surface area contributed by atoms with Crippen molar-refractivity contribution in [1.29, 1.82) is 0 Å². The first-order valence-corrected chi connectivity index (χ1v) is 8.69. The standard InChI is InChI=1S/C17H16FN3OS/c18-11-1-4-13(5-2-11)23-9-17(22)21-12-3-6-16(21)14-8-19-10-20-15(14)7-12/h1-2,4-5,8,10,12,16H,3,6-7,9H2. The van der Waals surface area contributed by atoms with Crippen LogP contribution in [-0.4, -0.2) is 32.6 Å². The van der Waals surface area contributed by atoms with Gasteiger partial charge in [0.15, 0.2) is 0 Å². The molecule has 6 heteroatoms. The van der Waals surface area contributed by atoms with Gasteiger partial charge in [-0.25, -0.2) is 14.4 Å². The van der Waals surface area contributed by atoms with Crippen LogP contribution >= 0.6 is 11.8 Å². The van der Waals surface area contributed by atoms with Crippen LogP contribution in [0.25, 0.3) is 0 Å². The molecule has 2 atom stereocenters. The van der Waals surface area contributed by atoms with Crippen LogP contribution < -0.4 is 0 Å². The molecule has 118 valence electrons. The van der Waals surface area contributed by atoms with E-state index < -0.39 is 0 Å². The van der Waals surface area contributed by atoms with Crippen LogP contribution in [0.5, 0.6) is 0 Å². The number of halogens is 1. The summed E-state index contributed by atoms with van der Waals surface area (Å²) in [5.74, 6) is 0.259. The highest BCUT2D eigenvalue weighted by molar-refractivity contribution is 8.00. The smallest absolute Gasteiger partial charge is 0.233 e. The molecule has 4 nitrogen and oxygen atoms in total. The summed E-state index contributed by atoms with van der Waals surface area (Å²) < 4.78 is 12.9. The van der Waals surface area contributed by atoms with Crippen LogP contribution in [0.4, 0.5) is 4.39 Å². The van der Waals surface area contributed by atoms with Gasteiger partial charge in [0.25, 0.3) is 0 Å². The SMILES string of the molecule is O=C(CSc1ccc(F)cc1)N1C2CCC1c1cncnc1C2. The average Bonchev–Trinajstić information content (AvgIpc) is 2.89. The second-order valence-corrected chi connectivity index (χ2v) is 6.97. The molecule has 0 N–H and O–H groups in total. The zero-order chi connectivity index (χ0) is 15.8. The Bertz CT molecular complexity index is 737. The van der Waals surface area contributed by atoms with Gasteiger partial charge >= 0.3 is 0 Å². The lowest BCUT2D eigenvalue weighted by atomic mass is 9.99. The summed E-state index contributed by atoms with van der Waals surface area (Å²) in [7, 11) is 0. The molecule has 2 aliphatic rings. The molecule has 2 aliphatic heterocycles. The number of benzene rings is 1. The third-order valence-electron chi connectivity index (χ3n) is 4.58. The van der Waals surface area contributed by atoms with Gasteiger partial charge in [-0.1, -0.05) is 0 Å². The van der Waals surface area contributed by atoms with E-state index >= 15 is 0 Å². The van der Waals surface area contributed by atoms with E-state index in [2.05, 4.69) is 9.97 Å². The van der Waals surface area contributed by atoms with Crippen molar-refractivity contribution >= 4 is 17.7 Å². The first-order chi connectivity index (χ1) is 11.2. The third-order valence-corrected chi connectivity index (χ3v) is 5.58. The normalized spacial score (nSPS) is 22.0. The van der Waals surface area contributed by atoms with E-state index in [-0.39, 0.29) is 23.8 Å². The number of nitrogens with zero attached hydrogens (tertiary/aromatic N) is 3. The van der Waals surface area contributed by atoms with Crippen molar-refractivity contribution in [2.75, 3.05) is 5.75 Å². The predicted octanol–water partition coefficient (Wildman–Crippen LogP) is 3.00. The summed E-state index contributed by atoms with van der Waals surface area (Å²) in [6, 6.07) is 6.63. The maximum absolute atomic E-state index is 12.9. The van der Waals surface area contributed by atoms with E-state index in [9.17, 15) is 9.18 Å². The molecule has 23 heavy (non-hydrogen) atoms. The Morgan fingerprint density at radius 3 is 2.96 bits per heavy atom. The summed E-state index contributed by atoms with van der Waals surface area (Å²) in [6.45, 7) is 0. The zero-order valence-electron chi connectivity index (χ0n) is 12.5.